The van der Waals surface area contributed by atoms with Crippen molar-refractivity contribution in [2.75, 3.05) is 40.0 Å². The van der Waals surface area contributed by atoms with Crippen LogP contribution < -0.4 is 0 Å². The van der Waals surface area contributed by atoms with Gasteiger partial charge in [0.25, 0.3) is 0 Å². The topological polar surface area (TPSA) is 38.8 Å². The van der Waals surface area contributed by atoms with Gasteiger partial charge in [-0.25, -0.2) is 0 Å². The van der Waals surface area contributed by atoms with Crippen molar-refractivity contribution < 1.29 is 14.3 Å². The average molecular weight is 231 g/mol. The van der Waals surface area contributed by atoms with Gasteiger partial charge in [-0.15, -0.1) is 0 Å². The fourth-order valence-corrected chi connectivity index (χ4v) is 1.35. The molecule has 16 heavy (non-hydrogen) atoms. The van der Waals surface area contributed by atoms with E-state index in [1.807, 2.05) is 0 Å². The standard InChI is InChI=1S/C12H25NO3/c1-5-6-13(9-12(14)15-4)7-8-16-10-11(2)3/h11H,5-10H2,1-4H3. The smallest absolute Gasteiger partial charge is 0.319 e. The van der Waals surface area contributed by atoms with E-state index in [-0.39, 0.29) is 5.97 Å². The molecule has 0 aromatic rings. The van der Waals surface area contributed by atoms with E-state index in [0.29, 0.717) is 19.1 Å². The molecular formula is C12H25NO3. The van der Waals surface area contributed by atoms with Gasteiger partial charge in [-0.1, -0.05) is 20.8 Å². The van der Waals surface area contributed by atoms with Crippen LogP contribution in [-0.4, -0.2) is 50.8 Å². The van der Waals surface area contributed by atoms with Gasteiger partial charge in [-0.3, -0.25) is 9.69 Å². The number of methoxy groups -OCH3 is 1. The number of nitrogens with zero attached hydrogens (tertiary/aromatic N) is 1. The summed E-state index contributed by atoms with van der Waals surface area (Å²) in [6.07, 6.45) is 1.03. The number of carbonyl (C=O) groups is 1. The second kappa shape index (κ2) is 9.60. The minimum Gasteiger partial charge on any atom is -0.468 e. The minimum absolute atomic E-state index is 0.183. The largest absolute Gasteiger partial charge is 0.468 e. The molecule has 4 nitrogen and oxygen atoms in total. The summed E-state index contributed by atoms with van der Waals surface area (Å²) >= 11 is 0. The van der Waals surface area contributed by atoms with Gasteiger partial charge >= 0.3 is 5.97 Å². The zero-order chi connectivity index (χ0) is 12.4. The lowest BCUT2D eigenvalue weighted by atomic mass is 10.2. The Labute approximate surface area is 98.9 Å². The summed E-state index contributed by atoms with van der Waals surface area (Å²) in [5.41, 5.74) is 0. The lowest BCUT2D eigenvalue weighted by Crippen LogP contribution is -2.34. The summed E-state index contributed by atoms with van der Waals surface area (Å²) in [5, 5.41) is 0. The number of rotatable bonds is 9. The molecule has 0 aliphatic rings. The van der Waals surface area contributed by atoms with Gasteiger partial charge in [0.2, 0.25) is 0 Å². The molecule has 0 aliphatic heterocycles. The van der Waals surface area contributed by atoms with Crippen molar-refractivity contribution in [1.82, 2.24) is 4.90 Å². The van der Waals surface area contributed by atoms with Crippen molar-refractivity contribution in [3.8, 4) is 0 Å². The van der Waals surface area contributed by atoms with Crippen molar-refractivity contribution in [3.63, 3.8) is 0 Å². The van der Waals surface area contributed by atoms with Gasteiger partial charge in [0.1, 0.15) is 0 Å². The van der Waals surface area contributed by atoms with Gasteiger partial charge in [0.05, 0.1) is 20.3 Å². The quantitative estimate of drug-likeness (QED) is 0.446. The molecule has 0 fully saturated rings. The van der Waals surface area contributed by atoms with Crippen LogP contribution in [0.15, 0.2) is 0 Å². The maximum Gasteiger partial charge on any atom is 0.319 e. The molecule has 0 aliphatic carbocycles. The Morgan fingerprint density at radius 1 is 1.31 bits per heavy atom. The molecule has 0 saturated heterocycles. The number of ether oxygens (including phenoxy) is 2. The lowest BCUT2D eigenvalue weighted by Gasteiger charge is -2.20. The second-order valence-electron chi connectivity index (χ2n) is 4.32. The molecular weight excluding hydrogens is 206 g/mol. The third kappa shape index (κ3) is 8.68. The fraction of sp³-hybridized carbons (Fsp3) is 0.917. The van der Waals surface area contributed by atoms with Crippen LogP contribution in [0.1, 0.15) is 27.2 Å². The maximum atomic E-state index is 11.1. The molecule has 0 saturated carbocycles. The fourth-order valence-electron chi connectivity index (χ4n) is 1.35. The van der Waals surface area contributed by atoms with Gasteiger partial charge in [0.15, 0.2) is 0 Å². The zero-order valence-electron chi connectivity index (χ0n) is 11.0. The second-order valence-corrected chi connectivity index (χ2v) is 4.32. The highest BCUT2D eigenvalue weighted by atomic mass is 16.5. The number of hydrogen-bond acceptors (Lipinski definition) is 4. The van der Waals surface area contributed by atoms with Crippen molar-refractivity contribution in [2.24, 2.45) is 5.92 Å². The van der Waals surface area contributed by atoms with Crippen LogP contribution in [0.2, 0.25) is 0 Å². The first kappa shape index (κ1) is 15.4. The molecule has 0 aromatic heterocycles. The summed E-state index contributed by atoms with van der Waals surface area (Å²) in [6, 6.07) is 0. The zero-order valence-corrected chi connectivity index (χ0v) is 11.0. The molecule has 0 spiro atoms. The average Bonchev–Trinajstić information content (AvgIpc) is 2.24. The lowest BCUT2D eigenvalue weighted by molar-refractivity contribution is -0.142. The van der Waals surface area contributed by atoms with E-state index >= 15 is 0 Å². The molecule has 0 heterocycles. The third-order valence-electron chi connectivity index (χ3n) is 2.12. The van der Waals surface area contributed by atoms with E-state index in [1.54, 1.807) is 0 Å². The van der Waals surface area contributed by atoms with Crippen LogP contribution in [0.3, 0.4) is 0 Å². The Kier molecular flexibility index (Phi) is 9.24. The number of esters is 1. The van der Waals surface area contributed by atoms with Gasteiger partial charge in [-0.05, 0) is 18.9 Å². The predicted molar refractivity (Wildman–Crippen MR) is 64.4 cm³/mol. The van der Waals surface area contributed by atoms with Crippen molar-refractivity contribution in [3.05, 3.63) is 0 Å². The van der Waals surface area contributed by atoms with Crippen LogP contribution in [0.25, 0.3) is 0 Å². The first-order chi connectivity index (χ1) is 7.60. The highest BCUT2D eigenvalue weighted by Crippen LogP contribution is 1.96. The number of hydrogen-bond donors (Lipinski definition) is 0. The van der Waals surface area contributed by atoms with Crippen LogP contribution in [0.5, 0.6) is 0 Å². The van der Waals surface area contributed by atoms with E-state index in [4.69, 9.17) is 4.74 Å². The summed E-state index contributed by atoms with van der Waals surface area (Å²) in [4.78, 5) is 13.2. The molecule has 0 radical (unpaired) electrons. The summed E-state index contributed by atoms with van der Waals surface area (Å²) < 4.78 is 10.1. The summed E-state index contributed by atoms with van der Waals surface area (Å²) in [6.45, 7) is 9.84. The van der Waals surface area contributed by atoms with Crippen molar-refractivity contribution in [2.45, 2.75) is 27.2 Å². The third-order valence-corrected chi connectivity index (χ3v) is 2.12. The van der Waals surface area contributed by atoms with E-state index in [9.17, 15) is 4.79 Å². The minimum atomic E-state index is -0.183. The highest BCUT2D eigenvalue weighted by molar-refractivity contribution is 5.71. The van der Waals surface area contributed by atoms with Crippen molar-refractivity contribution in [1.29, 1.82) is 0 Å². The molecule has 0 rings (SSSR count). The van der Waals surface area contributed by atoms with Gasteiger partial charge in [-0.2, -0.15) is 0 Å². The molecule has 0 atom stereocenters. The molecule has 0 amide bonds. The normalized spacial score (nSPS) is 11.1. The van der Waals surface area contributed by atoms with Gasteiger partial charge in [0, 0.05) is 13.2 Å². The van der Waals surface area contributed by atoms with E-state index in [2.05, 4.69) is 30.4 Å². The molecule has 0 bridgehead atoms. The Bertz CT molecular complexity index is 183. The molecule has 0 N–H and O–H groups in total. The molecule has 4 heteroatoms. The Hall–Kier alpha value is -0.610. The Morgan fingerprint density at radius 3 is 2.50 bits per heavy atom. The first-order valence-electron chi connectivity index (χ1n) is 5.97. The summed E-state index contributed by atoms with van der Waals surface area (Å²) in [5.74, 6) is 0.373. The highest BCUT2D eigenvalue weighted by Gasteiger charge is 2.09. The van der Waals surface area contributed by atoms with Crippen molar-refractivity contribution >= 4 is 5.97 Å². The SMILES string of the molecule is CCCN(CCOCC(C)C)CC(=O)OC. The van der Waals surface area contributed by atoms with Crippen LogP contribution in [0, 0.1) is 5.92 Å². The van der Waals surface area contributed by atoms with Crippen LogP contribution in [0.4, 0.5) is 0 Å². The maximum absolute atomic E-state index is 11.1. The van der Waals surface area contributed by atoms with Gasteiger partial charge < -0.3 is 9.47 Å². The Balaban J connectivity index is 3.71. The van der Waals surface area contributed by atoms with Crippen LogP contribution >= 0.6 is 0 Å². The monoisotopic (exact) mass is 231 g/mol. The molecule has 0 aromatic carbocycles. The summed E-state index contributed by atoms with van der Waals surface area (Å²) in [7, 11) is 1.42. The van der Waals surface area contributed by atoms with E-state index < -0.39 is 0 Å². The first-order valence-corrected chi connectivity index (χ1v) is 5.97. The molecule has 0 unspecified atom stereocenters. The van der Waals surface area contributed by atoms with E-state index in [0.717, 1.165) is 26.1 Å². The van der Waals surface area contributed by atoms with E-state index in [1.165, 1.54) is 7.11 Å². The van der Waals surface area contributed by atoms with Crippen LogP contribution in [-0.2, 0) is 14.3 Å². The predicted octanol–water partition coefficient (Wildman–Crippen LogP) is 1.54. The molecule has 96 valence electrons. The number of carbonyl (C=O) groups excluding carboxylic acids is 1. The Morgan fingerprint density at radius 2 is 2.00 bits per heavy atom.